The summed E-state index contributed by atoms with van der Waals surface area (Å²) < 4.78 is 9.80. The molecule has 5 unspecified atom stereocenters. The van der Waals surface area contributed by atoms with Gasteiger partial charge in [0.05, 0.1) is 19.8 Å². The average Bonchev–Trinajstić information content (AvgIpc) is 2.31. The average molecular weight is 250 g/mol. The molecule has 4 N–H and O–H groups in total. The first-order valence-electron chi connectivity index (χ1n) is 5.27. The number of methoxy groups -OCH3 is 1. The van der Waals surface area contributed by atoms with Gasteiger partial charge in [-0.3, -0.25) is 0 Å². The maximum Gasteiger partial charge on any atom is 0.337 e. The number of aliphatic hydroxyl groups is 4. The highest BCUT2D eigenvalue weighted by atomic mass is 16.6. The van der Waals surface area contributed by atoms with Crippen LogP contribution in [-0.2, 0) is 14.3 Å². The van der Waals surface area contributed by atoms with Crippen LogP contribution in [0.3, 0.4) is 0 Å². The van der Waals surface area contributed by atoms with Gasteiger partial charge in [0, 0.05) is 6.42 Å². The van der Waals surface area contributed by atoms with E-state index in [0.717, 1.165) is 0 Å². The molecule has 1 fully saturated rings. The fourth-order valence-corrected chi connectivity index (χ4v) is 1.91. The van der Waals surface area contributed by atoms with Gasteiger partial charge in [-0.15, -0.1) is 0 Å². The Hall–Kier alpha value is -0.730. The Bertz CT molecular complexity index is 282. The molecule has 0 bridgehead atoms. The number of ether oxygens (including phenoxy) is 2. The van der Waals surface area contributed by atoms with Crippen LogP contribution in [0.2, 0.25) is 0 Å². The van der Waals surface area contributed by atoms with E-state index in [-0.39, 0.29) is 6.42 Å². The van der Waals surface area contributed by atoms with Crippen molar-refractivity contribution in [1.29, 1.82) is 0 Å². The Kier molecular flexibility index (Phi) is 4.45. The molecule has 0 aliphatic carbocycles. The van der Waals surface area contributed by atoms with Crippen LogP contribution < -0.4 is 0 Å². The molecule has 0 amide bonds. The van der Waals surface area contributed by atoms with E-state index in [4.69, 9.17) is 9.84 Å². The minimum atomic E-state index is -1.45. The second-order valence-corrected chi connectivity index (χ2v) is 4.32. The van der Waals surface area contributed by atoms with Crippen LogP contribution in [0.5, 0.6) is 0 Å². The predicted molar refractivity (Wildman–Crippen MR) is 55.0 cm³/mol. The molecule has 1 aliphatic rings. The van der Waals surface area contributed by atoms with Gasteiger partial charge >= 0.3 is 5.97 Å². The molecule has 0 saturated carbocycles. The van der Waals surface area contributed by atoms with Crippen molar-refractivity contribution in [3.63, 3.8) is 0 Å². The van der Waals surface area contributed by atoms with Crippen LogP contribution in [-0.4, -0.2) is 70.1 Å². The standard InChI is InChI=1S/C10H18O7/c1-10(9(15)16-2)3-5(12)7(14)8(17-10)6(13)4-11/h5-8,11-14H,3-4H2,1-2H3. The van der Waals surface area contributed by atoms with Crippen LogP contribution in [0.1, 0.15) is 13.3 Å². The molecular formula is C10H18O7. The van der Waals surface area contributed by atoms with Crippen LogP contribution >= 0.6 is 0 Å². The van der Waals surface area contributed by atoms with Crippen molar-refractivity contribution >= 4 is 5.97 Å². The lowest BCUT2D eigenvalue weighted by atomic mass is 9.87. The van der Waals surface area contributed by atoms with Crippen LogP contribution in [0, 0.1) is 0 Å². The van der Waals surface area contributed by atoms with Crippen LogP contribution in [0.25, 0.3) is 0 Å². The van der Waals surface area contributed by atoms with E-state index in [1.165, 1.54) is 14.0 Å². The Morgan fingerprint density at radius 2 is 2.18 bits per heavy atom. The number of aliphatic hydroxyl groups excluding tert-OH is 4. The number of hydrogen-bond acceptors (Lipinski definition) is 7. The molecule has 1 aliphatic heterocycles. The lowest BCUT2D eigenvalue weighted by molar-refractivity contribution is -0.243. The largest absolute Gasteiger partial charge is 0.467 e. The number of carbonyl (C=O) groups is 1. The fraction of sp³-hybridized carbons (Fsp3) is 0.900. The van der Waals surface area contributed by atoms with Crippen molar-refractivity contribution in [2.45, 2.75) is 43.4 Å². The lowest BCUT2D eigenvalue weighted by Gasteiger charge is -2.43. The normalized spacial score (nSPS) is 39.8. The highest BCUT2D eigenvalue weighted by Crippen LogP contribution is 2.31. The summed E-state index contributed by atoms with van der Waals surface area (Å²) in [7, 11) is 1.17. The van der Waals surface area contributed by atoms with Gasteiger partial charge in [-0.25, -0.2) is 4.79 Å². The number of hydrogen-bond donors (Lipinski definition) is 4. The molecule has 17 heavy (non-hydrogen) atoms. The minimum Gasteiger partial charge on any atom is -0.467 e. The zero-order valence-electron chi connectivity index (χ0n) is 9.74. The summed E-state index contributed by atoms with van der Waals surface area (Å²) in [5.41, 5.74) is -1.45. The summed E-state index contributed by atoms with van der Waals surface area (Å²) in [5, 5.41) is 37.5. The van der Waals surface area contributed by atoms with Gasteiger partial charge in [-0.2, -0.15) is 0 Å². The smallest absolute Gasteiger partial charge is 0.337 e. The molecule has 1 rings (SSSR count). The monoisotopic (exact) mass is 250 g/mol. The molecule has 7 nitrogen and oxygen atoms in total. The van der Waals surface area contributed by atoms with Gasteiger partial charge in [0.25, 0.3) is 0 Å². The Morgan fingerprint density at radius 1 is 1.59 bits per heavy atom. The quantitative estimate of drug-likeness (QED) is 0.419. The van der Waals surface area contributed by atoms with Gasteiger partial charge in [-0.05, 0) is 6.92 Å². The van der Waals surface area contributed by atoms with E-state index < -0.39 is 42.6 Å². The summed E-state index contributed by atoms with van der Waals surface area (Å²) in [6.07, 6.45) is -5.37. The van der Waals surface area contributed by atoms with E-state index in [1.807, 2.05) is 0 Å². The van der Waals surface area contributed by atoms with E-state index >= 15 is 0 Å². The molecule has 0 aromatic carbocycles. The van der Waals surface area contributed by atoms with Crippen molar-refractivity contribution in [3.05, 3.63) is 0 Å². The highest BCUT2D eigenvalue weighted by Gasteiger charge is 2.50. The van der Waals surface area contributed by atoms with Crippen molar-refractivity contribution in [3.8, 4) is 0 Å². The molecule has 5 atom stereocenters. The third-order valence-corrected chi connectivity index (χ3v) is 2.91. The van der Waals surface area contributed by atoms with Crippen LogP contribution in [0.4, 0.5) is 0 Å². The van der Waals surface area contributed by atoms with Gasteiger partial charge < -0.3 is 29.9 Å². The topological polar surface area (TPSA) is 116 Å². The van der Waals surface area contributed by atoms with Crippen molar-refractivity contribution < 1.29 is 34.7 Å². The molecule has 100 valence electrons. The SMILES string of the molecule is COC(=O)C1(C)CC(O)C(O)C(C(O)CO)O1. The van der Waals surface area contributed by atoms with Crippen molar-refractivity contribution in [1.82, 2.24) is 0 Å². The van der Waals surface area contributed by atoms with E-state index in [1.54, 1.807) is 0 Å². The van der Waals surface area contributed by atoms with E-state index in [9.17, 15) is 20.1 Å². The van der Waals surface area contributed by atoms with E-state index in [2.05, 4.69) is 4.74 Å². The second-order valence-electron chi connectivity index (χ2n) is 4.32. The molecule has 0 spiro atoms. The van der Waals surface area contributed by atoms with Gasteiger partial charge in [-0.1, -0.05) is 0 Å². The maximum atomic E-state index is 11.5. The summed E-state index contributed by atoms with van der Waals surface area (Å²) >= 11 is 0. The first-order valence-corrected chi connectivity index (χ1v) is 5.27. The van der Waals surface area contributed by atoms with E-state index in [0.29, 0.717) is 0 Å². The summed E-state index contributed by atoms with van der Waals surface area (Å²) in [6.45, 7) is 0.747. The first-order chi connectivity index (χ1) is 7.85. The third kappa shape index (κ3) is 2.75. The summed E-state index contributed by atoms with van der Waals surface area (Å²) in [6, 6.07) is 0. The zero-order valence-corrected chi connectivity index (χ0v) is 9.74. The van der Waals surface area contributed by atoms with Gasteiger partial charge in [0.1, 0.15) is 18.3 Å². The zero-order chi connectivity index (χ0) is 13.2. The molecule has 1 saturated heterocycles. The summed E-state index contributed by atoms with van der Waals surface area (Å²) in [5.74, 6) is -0.710. The van der Waals surface area contributed by atoms with Crippen molar-refractivity contribution in [2.75, 3.05) is 13.7 Å². The number of carbonyl (C=O) groups excluding carboxylic acids is 1. The molecular weight excluding hydrogens is 232 g/mol. The molecule has 0 radical (unpaired) electrons. The Morgan fingerprint density at radius 3 is 2.65 bits per heavy atom. The Balaban J connectivity index is 2.90. The molecule has 0 aromatic heterocycles. The van der Waals surface area contributed by atoms with Crippen molar-refractivity contribution in [2.24, 2.45) is 0 Å². The lowest BCUT2D eigenvalue weighted by Crippen LogP contribution is -2.60. The Labute approximate surface area is 98.6 Å². The first kappa shape index (κ1) is 14.3. The van der Waals surface area contributed by atoms with Gasteiger partial charge in [0.2, 0.25) is 0 Å². The predicted octanol–water partition coefficient (Wildman–Crippen LogP) is -2.22. The minimum absolute atomic E-state index is 0.143. The molecule has 0 aromatic rings. The fourth-order valence-electron chi connectivity index (χ4n) is 1.91. The highest BCUT2D eigenvalue weighted by molar-refractivity contribution is 5.79. The van der Waals surface area contributed by atoms with Gasteiger partial charge in [0.15, 0.2) is 5.60 Å². The summed E-state index contributed by atoms with van der Waals surface area (Å²) in [4.78, 5) is 11.5. The molecule has 1 heterocycles. The number of esters is 1. The molecule has 7 heteroatoms. The van der Waals surface area contributed by atoms with Crippen LogP contribution in [0.15, 0.2) is 0 Å². The maximum absolute atomic E-state index is 11.5. The number of rotatable bonds is 3. The third-order valence-electron chi connectivity index (χ3n) is 2.91. The second kappa shape index (κ2) is 5.28.